The number of hydrogen-bond acceptors (Lipinski definition) is 3. The topological polar surface area (TPSA) is 43.1 Å². The van der Waals surface area contributed by atoms with Crippen molar-refractivity contribution in [3.63, 3.8) is 0 Å². The Labute approximate surface area is 95.1 Å². The van der Waals surface area contributed by atoms with Crippen molar-refractivity contribution in [3.8, 4) is 10.4 Å². The third-order valence-electron chi connectivity index (χ3n) is 1.93. The first-order chi connectivity index (χ1) is 7.16. The zero-order chi connectivity index (χ0) is 10.8. The number of halogens is 1. The van der Waals surface area contributed by atoms with Gasteiger partial charge in [0.25, 0.3) is 5.69 Å². The molecule has 76 valence electrons. The molecule has 1 aromatic carbocycles. The van der Waals surface area contributed by atoms with Gasteiger partial charge >= 0.3 is 0 Å². The molecule has 2 rings (SSSR count). The zero-order valence-corrected chi connectivity index (χ0v) is 9.09. The van der Waals surface area contributed by atoms with Gasteiger partial charge in [-0.05, 0) is 23.8 Å². The van der Waals surface area contributed by atoms with Gasteiger partial charge in [-0.3, -0.25) is 10.1 Å². The van der Waals surface area contributed by atoms with Crippen LogP contribution in [0, 0.1) is 10.1 Å². The molecule has 0 aliphatic carbocycles. The van der Waals surface area contributed by atoms with Gasteiger partial charge in [-0.15, -0.1) is 11.3 Å². The maximum absolute atomic E-state index is 10.4. The van der Waals surface area contributed by atoms with Crippen molar-refractivity contribution in [1.82, 2.24) is 0 Å². The molecule has 0 aliphatic rings. The van der Waals surface area contributed by atoms with Crippen LogP contribution in [-0.4, -0.2) is 4.92 Å². The number of nitrogens with zero attached hydrogens (tertiary/aromatic N) is 1. The number of non-ortho nitro benzene ring substituents is 1. The maximum Gasteiger partial charge on any atom is 0.269 e. The van der Waals surface area contributed by atoms with E-state index in [1.54, 1.807) is 12.1 Å². The number of nitro groups is 1. The van der Waals surface area contributed by atoms with Crippen LogP contribution in [0.1, 0.15) is 0 Å². The molecule has 0 atom stereocenters. The highest BCUT2D eigenvalue weighted by molar-refractivity contribution is 7.14. The summed E-state index contributed by atoms with van der Waals surface area (Å²) >= 11 is 7.31. The smallest absolute Gasteiger partial charge is 0.258 e. The van der Waals surface area contributed by atoms with Crippen molar-refractivity contribution < 1.29 is 4.92 Å². The van der Waals surface area contributed by atoms with E-state index in [1.165, 1.54) is 23.5 Å². The normalized spacial score (nSPS) is 10.2. The molecule has 0 unspecified atom stereocenters. The van der Waals surface area contributed by atoms with E-state index in [0.717, 1.165) is 10.4 Å². The fraction of sp³-hybridized carbons (Fsp3) is 0. The van der Waals surface area contributed by atoms with E-state index in [-0.39, 0.29) is 5.69 Å². The monoisotopic (exact) mass is 239 g/mol. The van der Waals surface area contributed by atoms with E-state index in [1.807, 2.05) is 11.4 Å². The van der Waals surface area contributed by atoms with Crippen LogP contribution < -0.4 is 0 Å². The van der Waals surface area contributed by atoms with Crippen molar-refractivity contribution in [1.29, 1.82) is 0 Å². The molecule has 3 nitrogen and oxygen atoms in total. The van der Waals surface area contributed by atoms with Gasteiger partial charge in [0.15, 0.2) is 0 Å². The zero-order valence-electron chi connectivity index (χ0n) is 7.51. The summed E-state index contributed by atoms with van der Waals surface area (Å²) in [5.74, 6) is 0. The Morgan fingerprint density at radius 1 is 1.27 bits per heavy atom. The van der Waals surface area contributed by atoms with Crippen molar-refractivity contribution in [2.75, 3.05) is 0 Å². The highest BCUT2D eigenvalue weighted by atomic mass is 35.5. The summed E-state index contributed by atoms with van der Waals surface area (Å²) in [5.41, 5.74) is 1.04. The second-order valence-electron chi connectivity index (χ2n) is 2.93. The average molecular weight is 240 g/mol. The summed E-state index contributed by atoms with van der Waals surface area (Å²) in [7, 11) is 0. The summed E-state index contributed by atoms with van der Waals surface area (Å²) in [6.45, 7) is 0. The van der Waals surface area contributed by atoms with Crippen LogP contribution in [0.4, 0.5) is 5.69 Å². The molecule has 1 heterocycles. The van der Waals surface area contributed by atoms with Crippen LogP contribution in [0.25, 0.3) is 10.4 Å². The van der Waals surface area contributed by atoms with Gasteiger partial charge in [0.1, 0.15) is 0 Å². The lowest BCUT2D eigenvalue weighted by Gasteiger charge is -1.95. The van der Waals surface area contributed by atoms with Gasteiger partial charge in [0.05, 0.1) is 9.95 Å². The number of hydrogen-bond donors (Lipinski definition) is 0. The molecular weight excluding hydrogens is 234 g/mol. The van der Waals surface area contributed by atoms with Gasteiger partial charge in [0, 0.05) is 22.4 Å². The molecule has 0 bridgehead atoms. The summed E-state index contributed by atoms with van der Waals surface area (Å²) in [4.78, 5) is 11.0. The number of nitro benzene ring substituents is 1. The van der Waals surface area contributed by atoms with Gasteiger partial charge < -0.3 is 0 Å². The minimum Gasteiger partial charge on any atom is -0.258 e. The number of rotatable bonds is 2. The summed E-state index contributed by atoms with van der Waals surface area (Å²) in [6.07, 6.45) is 0. The molecule has 2 aromatic rings. The Balaban J connectivity index is 2.35. The van der Waals surface area contributed by atoms with E-state index in [2.05, 4.69) is 0 Å². The van der Waals surface area contributed by atoms with Crippen molar-refractivity contribution >= 4 is 28.6 Å². The molecular formula is C10H6ClNO2S. The van der Waals surface area contributed by atoms with E-state index < -0.39 is 4.92 Å². The molecule has 0 N–H and O–H groups in total. The number of thiophene rings is 1. The Bertz CT molecular complexity index is 492. The van der Waals surface area contributed by atoms with E-state index >= 15 is 0 Å². The fourth-order valence-corrected chi connectivity index (χ4v) is 2.29. The molecule has 0 aliphatic heterocycles. The number of benzene rings is 1. The van der Waals surface area contributed by atoms with Gasteiger partial charge in [-0.2, -0.15) is 0 Å². The summed E-state index contributed by atoms with van der Waals surface area (Å²) in [5, 5.41) is 13.0. The Morgan fingerprint density at radius 2 is 1.93 bits per heavy atom. The Morgan fingerprint density at radius 3 is 2.40 bits per heavy atom. The van der Waals surface area contributed by atoms with E-state index in [0.29, 0.717) is 5.02 Å². The minimum absolute atomic E-state index is 0.0985. The van der Waals surface area contributed by atoms with Crippen LogP contribution in [0.2, 0.25) is 5.02 Å². The molecule has 0 saturated heterocycles. The highest BCUT2D eigenvalue weighted by Gasteiger charge is 2.06. The van der Waals surface area contributed by atoms with E-state index in [9.17, 15) is 10.1 Å². The van der Waals surface area contributed by atoms with Gasteiger partial charge in [0.2, 0.25) is 0 Å². The largest absolute Gasteiger partial charge is 0.269 e. The maximum atomic E-state index is 10.4. The quantitative estimate of drug-likeness (QED) is 0.588. The third kappa shape index (κ3) is 2.16. The second kappa shape index (κ2) is 4.00. The van der Waals surface area contributed by atoms with Gasteiger partial charge in [-0.25, -0.2) is 0 Å². The fourth-order valence-electron chi connectivity index (χ4n) is 1.21. The van der Waals surface area contributed by atoms with Crippen LogP contribution in [0.3, 0.4) is 0 Å². The second-order valence-corrected chi connectivity index (χ2v) is 4.28. The Kier molecular flexibility index (Phi) is 2.70. The van der Waals surface area contributed by atoms with Crippen molar-refractivity contribution in [2.45, 2.75) is 0 Å². The first-order valence-corrected chi connectivity index (χ1v) is 5.41. The molecule has 0 fully saturated rings. The SMILES string of the molecule is O=[N+]([O-])c1ccc(-c2cc(Cl)cs2)cc1. The molecule has 15 heavy (non-hydrogen) atoms. The Hall–Kier alpha value is -1.39. The first kappa shape index (κ1) is 10.1. The summed E-state index contributed by atoms with van der Waals surface area (Å²) < 4.78 is 0. The minimum atomic E-state index is -0.412. The predicted molar refractivity (Wildman–Crippen MR) is 61.4 cm³/mol. The highest BCUT2D eigenvalue weighted by Crippen LogP contribution is 2.30. The molecule has 0 radical (unpaired) electrons. The van der Waals surface area contributed by atoms with Gasteiger partial charge in [-0.1, -0.05) is 11.6 Å². The van der Waals surface area contributed by atoms with Crippen LogP contribution in [0.5, 0.6) is 0 Å². The van der Waals surface area contributed by atoms with Crippen molar-refractivity contribution in [2.24, 2.45) is 0 Å². The third-order valence-corrected chi connectivity index (χ3v) is 3.26. The summed E-state index contributed by atoms with van der Waals surface area (Å²) in [6, 6.07) is 8.26. The molecule has 0 saturated carbocycles. The van der Waals surface area contributed by atoms with E-state index in [4.69, 9.17) is 11.6 Å². The molecule has 0 amide bonds. The standard InChI is InChI=1S/C10H6ClNO2S/c11-8-5-10(15-6-8)7-1-3-9(4-2-7)12(13)14/h1-6H. The molecule has 0 spiro atoms. The lowest BCUT2D eigenvalue weighted by molar-refractivity contribution is -0.384. The van der Waals surface area contributed by atoms with Crippen molar-refractivity contribution in [3.05, 3.63) is 50.8 Å². The average Bonchev–Trinajstić information content (AvgIpc) is 2.65. The first-order valence-electron chi connectivity index (χ1n) is 4.15. The van der Waals surface area contributed by atoms with Crippen LogP contribution in [0.15, 0.2) is 35.7 Å². The lowest BCUT2D eigenvalue weighted by Crippen LogP contribution is -1.86. The molecule has 5 heteroatoms. The predicted octanol–water partition coefficient (Wildman–Crippen LogP) is 3.98. The lowest BCUT2D eigenvalue weighted by atomic mass is 10.2. The van der Waals surface area contributed by atoms with Crippen LogP contribution >= 0.6 is 22.9 Å². The van der Waals surface area contributed by atoms with Crippen LogP contribution in [-0.2, 0) is 0 Å². The molecule has 1 aromatic heterocycles.